The van der Waals surface area contributed by atoms with E-state index >= 15 is 0 Å². The normalized spacial score (nSPS) is 13.9. The van der Waals surface area contributed by atoms with E-state index in [4.69, 9.17) is 5.26 Å². The van der Waals surface area contributed by atoms with Gasteiger partial charge in [-0.1, -0.05) is 15.9 Å². The molecular weight excluding hydrogens is 232 g/mol. The van der Waals surface area contributed by atoms with Gasteiger partial charge < -0.3 is 0 Å². The molecule has 0 saturated heterocycles. The number of rotatable bonds is 4. The monoisotopic (exact) mass is 240 g/mol. The average Bonchev–Trinajstić information content (AvgIpc) is 1.99. The topological polar surface area (TPSA) is 70.0 Å². The van der Waals surface area contributed by atoms with Gasteiger partial charge in [0.15, 0.2) is 5.25 Å². The largest absolute Gasteiger partial charge is 0.227 e. The highest BCUT2D eigenvalue weighted by Gasteiger charge is 2.18. The number of nitrogens with zero attached hydrogens (tertiary/aromatic N) is 1. The summed E-state index contributed by atoms with van der Waals surface area (Å²) >= 11 is 3.06. The van der Waals surface area contributed by atoms with Gasteiger partial charge in [0.2, 0.25) is 10.0 Å². The molecule has 0 aliphatic heterocycles. The van der Waals surface area contributed by atoms with Crippen LogP contribution in [0.25, 0.3) is 0 Å². The molecule has 0 aromatic heterocycles. The van der Waals surface area contributed by atoms with E-state index in [0.717, 1.165) is 0 Å². The third kappa shape index (κ3) is 3.70. The van der Waals surface area contributed by atoms with Gasteiger partial charge in [-0.25, -0.2) is 13.1 Å². The molecule has 0 heterocycles. The minimum atomic E-state index is -3.41. The Bertz CT molecular complexity index is 244. The Hall–Kier alpha value is -0.120. The Balaban J connectivity index is 4.15. The van der Waals surface area contributed by atoms with Crippen molar-refractivity contribution in [2.45, 2.75) is 12.2 Å². The van der Waals surface area contributed by atoms with Crippen molar-refractivity contribution in [2.75, 3.05) is 11.9 Å². The third-order valence-electron chi connectivity index (χ3n) is 1.04. The highest BCUT2D eigenvalue weighted by Crippen LogP contribution is 1.95. The van der Waals surface area contributed by atoms with Crippen LogP contribution < -0.4 is 4.72 Å². The highest BCUT2D eigenvalue weighted by molar-refractivity contribution is 9.09. The van der Waals surface area contributed by atoms with Crippen LogP contribution >= 0.6 is 15.9 Å². The van der Waals surface area contributed by atoms with Crippen LogP contribution in [0.2, 0.25) is 0 Å². The molecular formula is C5H9BrN2O2S. The summed E-state index contributed by atoms with van der Waals surface area (Å²) in [5.74, 6) is 0. The summed E-state index contributed by atoms with van der Waals surface area (Å²) in [7, 11) is -3.41. The molecule has 64 valence electrons. The summed E-state index contributed by atoms with van der Waals surface area (Å²) in [5.41, 5.74) is 0. The van der Waals surface area contributed by atoms with Crippen LogP contribution in [0.4, 0.5) is 0 Å². The summed E-state index contributed by atoms with van der Waals surface area (Å²) in [5, 5.41) is 7.85. The predicted octanol–water partition coefficient (Wildman–Crippen LogP) is 0.213. The number of nitrogens with one attached hydrogen (secondary N) is 1. The third-order valence-corrected chi connectivity index (χ3v) is 3.08. The Morgan fingerprint density at radius 1 is 1.73 bits per heavy atom. The van der Waals surface area contributed by atoms with Crippen molar-refractivity contribution in [2.24, 2.45) is 0 Å². The molecule has 0 aliphatic carbocycles. The summed E-state index contributed by atoms with van der Waals surface area (Å²) in [4.78, 5) is 0. The minimum Gasteiger partial charge on any atom is -0.213 e. The lowest BCUT2D eigenvalue weighted by Gasteiger charge is -2.04. The molecule has 1 N–H and O–H groups in total. The van der Waals surface area contributed by atoms with Gasteiger partial charge in [-0.3, -0.25) is 0 Å². The molecule has 0 saturated carbocycles. The molecule has 0 radical (unpaired) electrons. The number of halogens is 1. The van der Waals surface area contributed by atoms with Crippen molar-refractivity contribution in [3.8, 4) is 6.07 Å². The first-order chi connectivity index (χ1) is 5.04. The zero-order valence-electron chi connectivity index (χ0n) is 6.04. The standard InChI is InChI=1S/C5H9BrN2O2S/c1-5(4-7)11(9,10)8-3-2-6/h5,8H,2-3H2,1H3. The summed E-state index contributed by atoms with van der Waals surface area (Å²) in [6, 6.07) is 1.65. The van der Waals surface area contributed by atoms with Crippen molar-refractivity contribution in [3.63, 3.8) is 0 Å². The van der Waals surface area contributed by atoms with Gasteiger partial charge in [0.1, 0.15) is 0 Å². The smallest absolute Gasteiger partial charge is 0.213 e. The van der Waals surface area contributed by atoms with E-state index in [2.05, 4.69) is 20.7 Å². The molecule has 0 bridgehead atoms. The first kappa shape index (κ1) is 10.9. The molecule has 1 atom stereocenters. The highest BCUT2D eigenvalue weighted by atomic mass is 79.9. The van der Waals surface area contributed by atoms with Gasteiger partial charge in [-0.05, 0) is 6.92 Å². The molecule has 0 aliphatic rings. The fourth-order valence-electron chi connectivity index (χ4n) is 0.375. The van der Waals surface area contributed by atoms with Crippen LogP contribution in [0.15, 0.2) is 0 Å². The zero-order chi connectivity index (χ0) is 8.91. The van der Waals surface area contributed by atoms with E-state index in [9.17, 15) is 8.42 Å². The minimum absolute atomic E-state index is 0.314. The molecule has 11 heavy (non-hydrogen) atoms. The first-order valence-corrected chi connectivity index (χ1v) is 5.65. The first-order valence-electron chi connectivity index (χ1n) is 2.98. The zero-order valence-corrected chi connectivity index (χ0v) is 8.44. The Morgan fingerprint density at radius 3 is 2.64 bits per heavy atom. The summed E-state index contributed by atoms with van der Waals surface area (Å²) in [6.45, 7) is 1.66. The number of alkyl halides is 1. The van der Waals surface area contributed by atoms with Crippen LogP contribution in [0, 0.1) is 11.3 Å². The molecule has 0 fully saturated rings. The predicted molar refractivity (Wildman–Crippen MR) is 45.8 cm³/mol. The second-order valence-corrected chi connectivity index (χ2v) is 4.78. The molecule has 0 spiro atoms. The molecule has 0 aromatic rings. The second kappa shape index (κ2) is 4.70. The maximum atomic E-state index is 11.0. The van der Waals surface area contributed by atoms with Gasteiger partial charge >= 0.3 is 0 Å². The Labute approximate surface area is 74.8 Å². The van der Waals surface area contributed by atoms with Crippen LogP contribution in [-0.4, -0.2) is 25.5 Å². The number of hydrogen-bond donors (Lipinski definition) is 1. The van der Waals surface area contributed by atoms with E-state index in [1.54, 1.807) is 6.07 Å². The Kier molecular flexibility index (Phi) is 4.65. The Morgan fingerprint density at radius 2 is 2.27 bits per heavy atom. The lowest BCUT2D eigenvalue weighted by Crippen LogP contribution is -2.32. The van der Waals surface area contributed by atoms with Crippen LogP contribution in [0.1, 0.15) is 6.92 Å². The number of nitriles is 1. The van der Waals surface area contributed by atoms with Crippen molar-refractivity contribution >= 4 is 26.0 Å². The van der Waals surface area contributed by atoms with Crippen molar-refractivity contribution in [3.05, 3.63) is 0 Å². The number of hydrogen-bond acceptors (Lipinski definition) is 3. The summed E-state index contributed by atoms with van der Waals surface area (Å²) in [6.07, 6.45) is 0. The number of sulfonamides is 1. The molecule has 0 amide bonds. The second-order valence-electron chi connectivity index (χ2n) is 1.90. The molecule has 0 rings (SSSR count). The maximum absolute atomic E-state index is 11.0. The van der Waals surface area contributed by atoms with E-state index in [0.29, 0.717) is 11.9 Å². The molecule has 6 heteroatoms. The van der Waals surface area contributed by atoms with Crippen molar-refractivity contribution < 1.29 is 8.42 Å². The lowest BCUT2D eigenvalue weighted by molar-refractivity contribution is 0.580. The fraction of sp³-hybridized carbons (Fsp3) is 0.800. The molecule has 4 nitrogen and oxygen atoms in total. The van der Waals surface area contributed by atoms with Gasteiger partial charge in [-0.2, -0.15) is 5.26 Å². The fourth-order valence-corrected chi connectivity index (χ4v) is 1.61. The summed E-state index contributed by atoms with van der Waals surface area (Å²) < 4.78 is 24.2. The van der Waals surface area contributed by atoms with E-state index in [1.165, 1.54) is 6.92 Å². The van der Waals surface area contributed by atoms with Gasteiger partial charge in [-0.15, -0.1) is 0 Å². The van der Waals surface area contributed by atoms with E-state index < -0.39 is 15.3 Å². The molecule has 0 aromatic carbocycles. The van der Waals surface area contributed by atoms with Gasteiger partial charge in [0, 0.05) is 11.9 Å². The average molecular weight is 241 g/mol. The quantitative estimate of drug-likeness (QED) is 0.715. The van der Waals surface area contributed by atoms with E-state index in [1.807, 2.05) is 0 Å². The van der Waals surface area contributed by atoms with Crippen LogP contribution in [0.3, 0.4) is 0 Å². The maximum Gasteiger partial charge on any atom is 0.227 e. The SMILES string of the molecule is CC(C#N)S(=O)(=O)NCCBr. The van der Waals surface area contributed by atoms with Gasteiger partial charge in [0.05, 0.1) is 6.07 Å². The van der Waals surface area contributed by atoms with Gasteiger partial charge in [0.25, 0.3) is 0 Å². The van der Waals surface area contributed by atoms with Crippen molar-refractivity contribution in [1.29, 1.82) is 5.26 Å². The lowest BCUT2D eigenvalue weighted by atomic mass is 10.5. The van der Waals surface area contributed by atoms with E-state index in [-0.39, 0.29) is 0 Å². The van der Waals surface area contributed by atoms with Crippen molar-refractivity contribution in [1.82, 2.24) is 4.72 Å². The molecule has 1 unspecified atom stereocenters. The van der Waals surface area contributed by atoms with Crippen LogP contribution in [0.5, 0.6) is 0 Å². The van der Waals surface area contributed by atoms with Crippen LogP contribution in [-0.2, 0) is 10.0 Å².